The van der Waals surface area contributed by atoms with Gasteiger partial charge in [0.1, 0.15) is 0 Å². The highest BCUT2D eigenvalue weighted by atomic mass is 32.1. The van der Waals surface area contributed by atoms with Crippen molar-refractivity contribution in [2.45, 2.75) is 38.6 Å². The Hall–Kier alpha value is -1.47. The Kier molecular flexibility index (Phi) is 5.90. The number of aromatic nitrogens is 1. The molecule has 2 rings (SSSR count). The highest BCUT2D eigenvalue weighted by Gasteiger charge is 2.26. The van der Waals surface area contributed by atoms with E-state index in [1.807, 2.05) is 24.1 Å². The van der Waals surface area contributed by atoms with E-state index in [2.05, 4.69) is 10.3 Å². The van der Waals surface area contributed by atoms with Crippen LogP contribution in [0.3, 0.4) is 0 Å². The average molecular weight is 324 g/mol. The maximum Gasteiger partial charge on any atom is 0.241 e. The van der Waals surface area contributed by atoms with E-state index in [4.69, 9.17) is 5.73 Å². The number of piperidine rings is 1. The van der Waals surface area contributed by atoms with Crippen LogP contribution in [0.5, 0.6) is 0 Å². The molecule has 0 aromatic carbocycles. The van der Waals surface area contributed by atoms with Crippen LogP contribution in [0, 0.1) is 5.92 Å². The lowest BCUT2D eigenvalue weighted by Crippen LogP contribution is -2.49. The first-order valence-corrected chi connectivity index (χ1v) is 8.57. The Bertz CT molecular complexity index is 504. The molecule has 1 aliphatic rings. The summed E-state index contributed by atoms with van der Waals surface area (Å²) in [5.74, 6) is 0.0492. The summed E-state index contributed by atoms with van der Waals surface area (Å²) in [6.07, 6.45) is 3.83. The van der Waals surface area contributed by atoms with Crippen molar-refractivity contribution in [2.24, 2.45) is 11.7 Å². The molecule has 0 spiro atoms. The molecule has 2 heterocycles. The SMILES string of the molecule is CC(C)[C@H](N)C(=O)NCC(=O)N1CCCC(c2nccs2)C1. The number of carbonyl (C=O) groups excluding carboxylic acids is 2. The van der Waals surface area contributed by atoms with Crippen LogP contribution in [-0.2, 0) is 9.59 Å². The Balaban J connectivity index is 1.83. The molecule has 0 saturated carbocycles. The molecule has 22 heavy (non-hydrogen) atoms. The monoisotopic (exact) mass is 324 g/mol. The molecule has 1 aliphatic heterocycles. The summed E-state index contributed by atoms with van der Waals surface area (Å²) in [4.78, 5) is 30.2. The summed E-state index contributed by atoms with van der Waals surface area (Å²) in [6.45, 7) is 5.21. The molecule has 6 nitrogen and oxygen atoms in total. The third-order valence-corrected chi connectivity index (χ3v) is 4.95. The van der Waals surface area contributed by atoms with Gasteiger partial charge in [-0.1, -0.05) is 13.8 Å². The van der Waals surface area contributed by atoms with E-state index in [0.717, 1.165) is 24.4 Å². The van der Waals surface area contributed by atoms with E-state index in [0.29, 0.717) is 12.5 Å². The van der Waals surface area contributed by atoms with Crippen LogP contribution in [0.1, 0.15) is 37.6 Å². The van der Waals surface area contributed by atoms with Gasteiger partial charge in [-0.25, -0.2) is 4.98 Å². The molecule has 2 atom stereocenters. The highest BCUT2D eigenvalue weighted by molar-refractivity contribution is 7.09. The van der Waals surface area contributed by atoms with Gasteiger partial charge in [-0.05, 0) is 18.8 Å². The summed E-state index contributed by atoms with van der Waals surface area (Å²) < 4.78 is 0. The molecule has 1 aromatic heterocycles. The molecular formula is C15H24N4O2S. The number of nitrogens with one attached hydrogen (secondary N) is 1. The molecule has 122 valence electrons. The maximum absolute atomic E-state index is 12.3. The second kappa shape index (κ2) is 7.69. The fourth-order valence-electron chi connectivity index (χ4n) is 2.54. The van der Waals surface area contributed by atoms with Crippen molar-refractivity contribution in [3.05, 3.63) is 16.6 Å². The molecule has 1 aromatic rings. The Morgan fingerprint density at radius 2 is 2.32 bits per heavy atom. The topological polar surface area (TPSA) is 88.3 Å². The van der Waals surface area contributed by atoms with Crippen molar-refractivity contribution in [2.75, 3.05) is 19.6 Å². The first-order chi connectivity index (χ1) is 10.5. The van der Waals surface area contributed by atoms with Crippen LogP contribution < -0.4 is 11.1 Å². The molecule has 7 heteroatoms. The van der Waals surface area contributed by atoms with Gasteiger partial charge < -0.3 is 16.0 Å². The number of thiazole rings is 1. The molecule has 0 bridgehead atoms. The molecule has 0 radical (unpaired) electrons. The fourth-order valence-corrected chi connectivity index (χ4v) is 3.30. The van der Waals surface area contributed by atoms with Crippen LogP contribution in [-0.4, -0.2) is 47.4 Å². The number of hydrogen-bond donors (Lipinski definition) is 2. The smallest absolute Gasteiger partial charge is 0.241 e. The molecule has 0 aliphatic carbocycles. The van der Waals surface area contributed by atoms with Gasteiger partial charge in [0.05, 0.1) is 17.6 Å². The Morgan fingerprint density at radius 3 is 2.95 bits per heavy atom. The second-order valence-electron chi connectivity index (χ2n) is 6.04. The predicted molar refractivity (Wildman–Crippen MR) is 86.5 cm³/mol. The van der Waals surface area contributed by atoms with Gasteiger partial charge in [0.25, 0.3) is 0 Å². The number of nitrogens with two attached hydrogens (primary N) is 1. The van der Waals surface area contributed by atoms with E-state index in [1.54, 1.807) is 17.5 Å². The minimum atomic E-state index is -0.572. The van der Waals surface area contributed by atoms with Gasteiger partial charge in [0.15, 0.2) is 0 Å². The van der Waals surface area contributed by atoms with Crippen LogP contribution in [0.25, 0.3) is 0 Å². The van der Waals surface area contributed by atoms with E-state index < -0.39 is 6.04 Å². The fraction of sp³-hybridized carbons (Fsp3) is 0.667. The van der Waals surface area contributed by atoms with Crippen molar-refractivity contribution < 1.29 is 9.59 Å². The minimum absolute atomic E-state index is 0.0177. The summed E-state index contributed by atoms with van der Waals surface area (Å²) in [5.41, 5.74) is 5.77. The third-order valence-electron chi connectivity index (χ3n) is 4.01. The van der Waals surface area contributed by atoms with Gasteiger partial charge >= 0.3 is 0 Å². The normalized spacial score (nSPS) is 20.0. The van der Waals surface area contributed by atoms with Gasteiger partial charge in [-0.15, -0.1) is 11.3 Å². The second-order valence-corrected chi connectivity index (χ2v) is 6.96. The lowest BCUT2D eigenvalue weighted by atomic mass is 9.98. The van der Waals surface area contributed by atoms with Crippen LogP contribution in [0.4, 0.5) is 0 Å². The number of amides is 2. The lowest BCUT2D eigenvalue weighted by Gasteiger charge is -2.32. The number of likely N-dealkylation sites (tertiary alicyclic amines) is 1. The number of hydrogen-bond acceptors (Lipinski definition) is 5. The summed E-state index contributed by atoms with van der Waals surface area (Å²) in [5, 5.41) is 5.69. The number of nitrogens with zero attached hydrogens (tertiary/aromatic N) is 2. The first kappa shape index (κ1) is 16.9. The zero-order chi connectivity index (χ0) is 16.1. The zero-order valence-corrected chi connectivity index (χ0v) is 13.9. The van der Waals surface area contributed by atoms with Crippen LogP contribution in [0.15, 0.2) is 11.6 Å². The minimum Gasteiger partial charge on any atom is -0.346 e. The molecule has 1 fully saturated rings. The molecule has 3 N–H and O–H groups in total. The summed E-state index contributed by atoms with van der Waals surface area (Å²) in [7, 11) is 0. The maximum atomic E-state index is 12.3. The van der Waals surface area contributed by atoms with Gasteiger partial charge in [-0.2, -0.15) is 0 Å². The third kappa shape index (κ3) is 4.27. The van der Waals surface area contributed by atoms with Gasteiger partial charge in [0, 0.05) is 30.6 Å². The average Bonchev–Trinajstić information content (AvgIpc) is 3.06. The number of rotatable bonds is 5. The van der Waals surface area contributed by atoms with E-state index in [9.17, 15) is 9.59 Å². The standard InChI is InChI=1S/C15H24N4O2S/c1-10(2)13(16)14(21)18-8-12(20)19-6-3-4-11(9-19)15-17-5-7-22-15/h5,7,10-11,13H,3-4,6,8-9,16H2,1-2H3,(H,18,21)/t11?,13-/m0/s1. The van der Waals surface area contributed by atoms with Crippen LogP contribution >= 0.6 is 11.3 Å². The predicted octanol–water partition coefficient (Wildman–Crippen LogP) is 0.949. The molecule has 1 saturated heterocycles. The molecule has 2 amide bonds. The van der Waals surface area contributed by atoms with E-state index in [-0.39, 0.29) is 24.3 Å². The van der Waals surface area contributed by atoms with Crippen molar-refractivity contribution in [3.63, 3.8) is 0 Å². The number of carbonyl (C=O) groups is 2. The summed E-state index contributed by atoms with van der Waals surface area (Å²) in [6, 6.07) is -0.572. The highest BCUT2D eigenvalue weighted by Crippen LogP contribution is 2.28. The van der Waals surface area contributed by atoms with Crippen molar-refractivity contribution in [1.82, 2.24) is 15.2 Å². The Morgan fingerprint density at radius 1 is 1.55 bits per heavy atom. The zero-order valence-electron chi connectivity index (χ0n) is 13.1. The van der Waals surface area contributed by atoms with Crippen molar-refractivity contribution in [3.8, 4) is 0 Å². The van der Waals surface area contributed by atoms with Crippen molar-refractivity contribution in [1.29, 1.82) is 0 Å². The first-order valence-electron chi connectivity index (χ1n) is 7.69. The largest absolute Gasteiger partial charge is 0.346 e. The molecular weight excluding hydrogens is 300 g/mol. The van der Waals surface area contributed by atoms with Gasteiger partial charge in [-0.3, -0.25) is 9.59 Å². The quantitative estimate of drug-likeness (QED) is 0.844. The van der Waals surface area contributed by atoms with Gasteiger partial charge in [0.2, 0.25) is 11.8 Å². The van der Waals surface area contributed by atoms with Crippen molar-refractivity contribution >= 4 is 23.2 Å². The van der Waals surface area contributed by atoms with Crippen LogP contribution in [0.2, 0.25) is 0 Å². The lowest BCUT2D eigenvalue weighted by molar-refractivity contribution is -0.134. The Labute approximate surface area is 135 Å². The van der Waals surface area contributed by atoms with E-state index in [1.165, 1.54) is 0 Å². The summed E-state index contributed by atoms with van der Waals surface area (Å²) >= 11 is 1.63. The molecule has 1 unspecified atom stereocenters. The van der Waals surface area contributed by atoms with E-state index >= 15 is 0 Å².